The molecule has 0 aliphatic rings. The lowest BCUT2D eigenvalue weighted by Gasteiger charge is -2.14. The Balaban J connectivity index is 2.03. The summed E-state index contributed by atoms with van der Waals surface area (Å²) in [6.45, 7) is 1.31. The quantitative estimate of drug-likeness (QED) is 0.874. The average Bonchev–Trinajstić information content (AvgIpc) is 2.57. The first-order chi connectivity index (χ1) is 11.4. The molecule has 0 radical (unpaired) electrons. The number of halogens is 2. The van der Waals surface area contributed by atoms with Crippen LogP contribution in [-0.4, -0.2) is 18.0 Å². The Hall–Kier alpha value is -3.27. The fourth-order valence-corrected chi connectivity index (χ4v) is 1.82. The predicted molar refractivity (Wildman–Crippen MR) is 81.0 cm³/mol. The van der Waals surface area contributed by atoms with Gasteiger partial charge in [0.25, 0.3) is 5.91 Å². The lowest BCUT2D eigenvalue weighted by Crippen LogP contribution is -2.30. The molecule has 5 nitrogen and oxygen atoms in total. The average molecular weight is 330 g/mol. The fraction of sp³-hybridized carbons (Fsp3) is 0.118. The highest BCUT2D eigenvalue weighted by Gasteiger charge is 2.20. The molecule has 1 amide bonds. The van der Waals surface area contributed by atoms with Gasteiger partial charge in [0.2, 0.25) is 0 Å². The van der Waals surface area contributed by atoms with Crippen LogP contribution in [0.5, 0.6) is 0 Å². The van der Waals surface area contributed by atoms with Crippen LogP contribution >= 0.6 is 0 Å². The van der Waals surface area contributed by atoms with Gasteiger partial charge in [-0.2, -0.15) is 5.26 Å². The van der Waals surface area contributed by atoms with E-state index in [1.54, 1.807) is 0 Å². The first-order valence-corrected chi connectivity index (χ1v) is 6.88. The lowest BCUT2D eigenvalue weighted by molar-refractivity contribution is -0.123. The molecule has 0 fully saturated rings. The van der Waals surface area contributed by atoms with E-state index in [1.165, 1.54) is 31.2 Å². The van der Waals surface area contributed by atoms with Gasteiger partial charge in [-0.1, -0.05) is 6.07 Å². The van der Waals surface area contributed by atoms with Gasteiger partial charge < -0.3 is 10.1 Å². The summed E-state index contributed by atoms with van der Waals surface area (Å²) in [7, 11) is 0. The van der Waals surface area contributed by atoms with E-state index in [1.807, 2.05) is 6.07 Å². The molecule has 0 bridgehead atoms. The third kappa shape index (κ3) is 4.14. The monoisotopic (exact) mass is 330 g/mol. The molecule has 1 atom stereocenters. The minimum atomic E-state index is -1.22. The van der Waals surface area contributed by atoms with E-state index in [2.05, 4.69) is 5.32 Å². The Morgan fingerprint density at radius 1 is 1.21 bits per heavy atom. The molecule has 2 aromatic rings. The second-order valence-corrected chi connectivity index (χ2v) is 4.85. The van der Waals surface area contributed by atoms with Gasteiger partial charge in [-0.3, -0.25) is 4.79 Å². The minimum Gasteiger partial charge on any atom is -0.449 e. The first kappa shape index (κ1) is 17.1. The summed E-state index contributed by atoms with van der Waals surface area (Å²) < 4.78 is 31.3. The highest BCUT2D eigenvalue weighted by molar-refractivity contribution is 5.97. The van der Waals surface area contributed by atoms with Crippen molar-refractivity contribution in [2.24, 2.45) is 0 Å². The third-order valence-electron chi connectivity index (χ3n) is 3.07. The van der Waals surface area contributed by atoms with Crippen LogP contribution in [0.4, 0.5) is 14.5 Å². The Bertz CT molecular complexity index is 831. The van der Waals surface area contributed by atoms with Gasteiger partial charge >= 0.3 is 5.97 Å². The van der Waals surface area contributed by atoms with Gasteiger partial charge in [0.05, 0.1) is 22.9 Å². The molecule has 122 valence electrons. The number of hydrogen-bond donors (Lipinski definition) is 1. The highest BCUT2D eigenvalue weighted by Crippen LogP contribution is 2.16. The number of hydrogen-bond acceptors (Lipinski definition) is 4. The van der Waals surface area contributed by atoms with Gasteiger partial charge in [-0.15, -0.1) is 0 Å². The number of carbonyl (C=O) groups excluding carboxylic acids is 2. The summed E-state index contributed by atoms with van der Waals surface area (Å²) in [4.78, 5) is 23.9. The molecular formula is C17H12F2N2O3. The molecule has 0 heterocycles. The highest BCUT2D eigenvalue weighted by atomic mass is 19.1. The van der Waals surface area contributed by atoms with Crippen molar-refractivity contribution in [2.45, 2.75) is 13.0 Å². The van der Waals surface area contributed by atoms with Crippen LogP contribution in [0.1, 0.15) is 22.8 Å². The van der Waals surface area contributed by atoms with Crippen LogP contribution < -0.4 is 5.32 Å². The number of nitrogens with zero attached hydrogens (tertiary/aromatic N) is 1. The number of esters is 1. The van der Waals surface area contributed by atoms with Crippen LogP contribution in [0.25, 0.3) is 0 Å². The molecule has 24 heavy (non-hydrogen) atoms. The van der Waals surface area contributed by atoms with Gasteiger partial charge in [-0.25, -0.2) is 13.6 Å². The normalized spacial score (nSPS) is 11.2. The Morgan fingerprint density at radius 2 is 1.96 bits per heavy atom. The summed E-state index contributed by atoms with van der Waals surface area (Å²) in [5, 5.41) is 11.0. The maximum absolute atomic E-state index is 13.5. The van der Waals surface area contributed by atoms with Crippen molar-refractivity contribution in [1.82, 2.24) is 0 Å². The Kier molecular flexibility index (Phi) is 5.22. The maximum atomic E-state index is 13.5. The van der Waals surface area contributed by atoms with Crippen molar-refractivity contribution in [1.29, 1.82) is 5.26 Å². The Morgan fingerprint density at radius 3 is 2.62 bits per heavy atom. The predicted octanol–water partition coefficient (Wildman–Crippen LogP) is 3.02. The van der Waals surface area contributed by atoms with Crippen molar-refractivity contribution in [3.63, 3.8) is 0 Å². The van der Waals surface area contributed by atoms with Gasteiger partial charge in [-0.05, 0) is 37.3 Å². The third-order valence-corrected chi connectivity index (χ3v) is 3.07. The van der Waals surface area contributed by atoms with Crippen molar-refractivity contribution in [3.8, 4) is 6.07 Å². The molecule has 0 aromatic heterocycles. The van der Waals surface area contributed by atoms with Crippen molar-refractivity contribution < 1.29 is 23.1 Å². The number of nitriles is 1. The van der Waals surface area contributed by atoms with Crippen molar-refractivity contribution in [2.75, 3.05) is 5.32 Å². The minimum absolute atomic E-state index is 0.113. The van der Waals surface area contributed by atoms with E-state index in [9.17, 15) is 18.4 Å². The standard InChI is InChI=1S/C17H12F2N2O3/c1-10(16(22)21-15-6-5-13(18)8-14(15)19)24-17(23)12-4-2-3-11(7-12)9-20/h2-8,10H,1H3,(H,21,22)/t10-/m0/s1. The Labute approximate surface area is 136 Å². The van der Waals surface area contributed by atoms with Gasteiger partial charge in [0.1, 0.15) is 11.6 Å². The lowest BCUT2D eigenvalue weighted by atomic mass is 10.1. The number of anilines is 1. The van der Waals surface area contributed by atoms with Crippen LogP contribution in [0.3, 0.4) is 0 Å². The number of rotatable bonds is 4. The number of benzene rings is 2. The second-order valence-electron chi connectivity index (χ2n) is 4.85. The smallest absolute Gasteiger partial charge is 0.338 e. The van der Waals surface area contributed by atoms with Gasteiger partial charge in [0, 0.05) is 6.07 Å². The number of carbonyl (C=O) groups is 2. The SMILES string of the molecule is C[C@H](OC(=O)c1cccc(C#N)c1)C(=O)Nc1ccc(F)cc1F. The van der Waals surface area contributed by atoms with Crippen molar-refractivity contribution >= 4 is 17.6 Å². The fourth-order valence-electron chi connectivity index (χ4n) is 1.82. The number of ether oxygens (including phenoxy) is 1. The second kappa shape index (κ2) is 7.33. The molecule has 0 saturated heterocycles. The van der Waals surface area contributed by atoms with E-state index in [-0.39, 0.29) is 16.8 Å². The first-order valence-electron chi connectivity index (χ1n) is 6.88. The molecular weight excluding hydrogens is 318 g/mol. The summed E-state index contributed by atoms with van der Waals surface area (Å²) in [6, 6.07) is 10.3. The molecule has 7 heteroatoms. The van der Waals surface area contributed by atoms with E-state index in [0.717, 1.165) is 12.1 Å². The molecule has 1 N–H and O–H groups in total. The maximum Gasteiger partial charge on any atom is 0.338 e. The van der Waals surface area contributed by atoms with E-state index < -0.39 is 29.6 Å². The molecule has 0 aliphatic carbocycles. The molecule has 0 unspecified atom stereocenters. The summed E-state index contributed by atoms with van der Waals surface area (Å²) in [6.07, 6.45) is -1.22. The zero-order chi connectivity index (χ0) is 17.7. The van der Waals surface area contributed by atoms with E-state index >= 15 is 0 Å². The molecule has 0 spiro atoms. The van der Waals surface area contributed by atoms with Crippen LogP contribution in [-0.2, 0) is 9.53 Å². The molecule has 2 aromatic carbocycles. The van der Waals surface area contributed by atoms with E-state index in [0.29, 0.717) is 6.07 Å². The molecule has 0 saturated carbocycles. The van der Waals surface area contributed by atoms with E-state index in [4.69, 9.17) is 10.00 Å². The zero-order valence-electron chi connectivity index (χ0n) is 12.5. The largest absolute Gasteiger partial charge is 0.449 e. The molecule has 0 aliphatic heterocycles. The van der Waals surface area contributed by atoms with Gasteiger partial charge in [0.15, 0.2) is 6.10 Å². The van der Waals surface area contributed by atoms with Crippen LogP contribution in [0, 0.1) is 23.0 Å². The van der Waals surface area contributed by atoms with Crippen LogP contribution in [0.15, 0.2) is 42.5 Å². The summed E-state index contributed by atoms with van der Waals surface area (Å²) in [5.74, 6) is -3.29. The van der Waals surface area contributed by atoms with Crippen LogP contribution in [0.2, 0.25) is 0 Å². The topological polar surface area (TPSA) is 79.2 Å². The molecule has 2 rings (SSSR count). The summed E-state index contributed by atoms with van der Waals surface area (Å²) in [5.41, 5.74) is 0.160. The van der Waals surface area contributed by atoms with Crippen molar-refractivity contribution in [3.05, 3.63) is 65.2 Å². The number of nitrogens with one attached hydrogen (secondary N) is 1. The zero-order valence-corrected chi connectivity index (χ0v) is 12.5. The number of amides is 1. The summed E-state index contributed by atoms with van der Waals surface area (Å²) >= 11 is 0.